The molecule has 2 heterocycles. The molecule has 0 saturated carbocycles. The molecule has 2 aromatic heterocycles. The van der Waals surface area contributed by atoms with Crippen LogP contribution in [-0.2, 0) is 11.3 Å². The van der Waals surface area contributed by atoms with E-state index < -0.39 is 0 Å². The summed E-state index contributed by atoms with van der Waals surface area (Å²) in [5.74, 6) is -0.362. The lowest BCUT2D eigenvalue weighted by molar-refractivity contribution is -0.120. The Morgan fingerprint density at radius 1 is 1.28 bits per heavy atom. The zero-order chi connectivity index (χ0) is 18.0. The van der Waals surface area contributed by atoms with Gasteiger partial charge in [-0.15, -0.1) is 11.3 Å². The third kappa shape index (κ3) is 3.99. The van der Waals surface area contributed by atoms with Crippen molar-refractivity contribution in [3.63, 3.8) is 0 Å². The molecule has 0 saturated heterocycles. The molecule has 0 radical (unpaired) electrons. The summed E-state index contributed by atoms with van der Waals surface area (Å²) in [5, 5.41) is 4.46. The van der Waals surface area contributed by atoms with E-state index in [1.807, 2.05) is 6.92 Å². The van der Waals surface area contributed by atoms with Crippen LogP contribution in [0.25, 0.3) is 10.2 Å². The highest BCUT2D eigenvalue weighted by Gasteiger charge is 2.19. The average molecular weight is 375 g/mol. The van der Waals surface area contributed by atoms with Crippen molar-refractivity contribution < 1.29 is 9.18 Å². The number of carbonyl (C=O) groups excluding carboxylic acids is 1. The second kappa shape index (κ2) is 7.49. The molecule has 0 aliphatic carbocycles. The third-order valence-electron chi connectivity index (χ3n) is 3.97. The van der Waals surface area contributed by atoms with Crippen molar-refractivity contribution in [1.82, 2.24) is 15.3 Å². The van der Waals surface area contributed by atoms with E-state index >= 15 is 0 Å². The largest absolute Gasteiger partial charge is 0.351 e. The Kier molecular flexibility index (Phi) is 5.34. The second-order valence-electron chi connectivity index (χ2n) is 5.75. The minimum atomic E-state index is -0.293. The number of rotatable bonds is 5. The molecule has 0 fully saturated rings. The molecule has 0 bridgehead atoms. The highest BCUT2D eigenvalue weighted by Crippen LogP contribution is 2.35. The summed E-state index contributed by atoms with van der Waals surface area (Å²) < 4.78 is 12.9. The highest BCUT2D eigenvalue weighted by atomic mass is 32.2. The molecule has 130 valence electrons. The van der Waals surface area contributed by atoms with Gasteiger partial charge >= 0.3 is 0 Å². The molecule has 0 spiro atoms. The molecule has 0 aliphatic heterocycles. The van der Waals surface area contributed by atoms with Crippen LogP contribution in [0.5, 0.6) is 0 Å². The van der Waals surface area contributed by atoms with Gasteiger partial charge in [-0.05, 0) is 44.0 Å². The van der Waals surface area contributed by atoms with Gasteiger partial charge in [-0.2, -0.15) is 0 Å². The number of thiophene rings is 1. The number of thioether (sulfide) groups is 1. The smallest absolute Gasteiger partial charge is 0.233 e. The van der Waals surface area contributed by atoms with Crippen LogP contribution >= 0.6 is 23.1 Å². The van der Waals surface area contributed by atoms with E-state index in [0.29, 0.717) is 6.54 Å². The summed E-state index contributed by atoms with van der Waals surface area (Å²) in [4.78, 5) is 23.2. The summed E-state index contributed by atoms with van der Waals surface area (Å²) in [6.07, 6.45) is 1.54. The highest BCUT2D eigenvalue weighted by molar-refractivity contribution is 8.00. The number of nitrogens with one attached hydrogen (secondary N) is 1. The van der Waals surface area contributed by atoms with Crippen LogP contribution in [0.1, 0.15) is 22.9 Å². The SMILES string of the molecule is Cc1sc2ncnc(S[C@H](C)C(=O)NCc3ccc(F)cc3)c2c1C. The van der Waals surface area contributed by atoms with E-state index in [-0.39, 0.29) is 17.0 Å². The number of hydrogen-bond donors (Lipinski definition) is 1. The first kappa shape index (κ1) is 17.8. The van der Waals surface area contributed by atoms with E-state index in [2.05, 4.69) is 29.1 Å². The average Bonchev–Trinajstić information content (AvgIpc) is 2.89. The van der Waals surface area contributed by atoms with Gasteiger partial charge in [-0.25, -0.2) is 14.4 Å². The Morgan fingerprint density at radius 2 is 2.00 bits per heavy atom. The summed E-state index contributed by atoms with van der Waals surface area (Å²) in [7, 11) is 0. The van der Waals surface area contributed by atoms with Gasteiger partial charge in [0.1, 0.15) is 22.0 Å². The molecule has 1 amide bonds. The Balaban J connectivity index is 1.68. The summed E-state index contributed by atoms with van der Waals surface area (Å²) in [6, 6.07) is 6.11. The lowest BCUT2D eigenvalue weighted by Gasteiger charge is -2.12. The number of benzene rings is 1. The molecule has 0 aliphatic rings. The van der Waals surface area contributed by atoms with Crippen LogP contribution in [0.4, 0.5) is 4.39 Å². The lowest BCUT2D eigenvalue weighted by atomic mass is 10.2. The molecule has 0 unspecified atom stereocenters. The van der Waals surface area contributed by atoms with Crippen LogP contribution in [0.15, 0.2) is 35.6 Å². The maximum atomic E-state index is 12.9. The minimum Gasteiger partial charge on any atom is -0.351 e. The molecule has 7 heteroatoms. The molecule has 3 aromatic rings. The van der Waals surface area contributed by atoms with Gasteiger partial charge < -0.3 is 5.32 Å². The molecule has 3 rings (SSSR count). The third-order valence-corrected chi connectivity index (χ3v) is 6.18. The van der Waals surface area contributed by atoms with Crippen LogP contribution < -0.4 is 5.32 Å². The molecule has 1 N–H and O–H groups in total. The molecular weight excluding hydrogens is 357 g/mol. The minimum absolute atomic E-state index is 0.0781. The number of amides is 1. The van der Waals surface area contributed by atoms with Gasteiger partial charge in [0.15, 0.2) is 0 Å². The lowest BCUT2D eigenvalue weighted by Crippen LogP contribution is -2.30. The number of aromatic nitrogens is 2. The van der Waals surface area contributed by atoms with E-state index in [4.69, 9.17) is 0 Å². The standard InChI is InChI=1S/C18H18FN3OS2/c1-10-11(2)24-17-15(10)18(22-9-21-17)25-12(3)16(23)20-8-13-4-6-14(19)7-5-13/h4-7,9,12H,8H2,1-3H3,(H,20,23)/t12-/m1/s1. The number of nitrogens with zero attached hydrogens (tertiary/aromatic N) is 2. The monoisotopic (exact) mass is 375 g/mol. The van der Waals surface area contributed by atoms with Crippen LogP contribution in [0.2, 0.25) is 0 Å². The van der Waals surface area contributed by atoms with Gasteiger partial charge in [0.05, 0.1) is 5.25 Å². The number of halogens is 1. The zero-order valence-electron chi connectivity index (χ0n) is 14.2. The predicted molar refractivity (Wildman–Crippen MR) is 100 cm³/mol. The van der Waals surface area contributed by atoms with Crippen molar-refractivity contribution in [3.05, 3.63) is 52.4 Å². The molecule has 25 heavy (non-hydrogen) atoms. The van der Waals surface area contributed by atoms with Crippen molar-refractivity contribution in [2.45, 2.75) is 37.6 Å². The summed E-state index contributed by atoms with van der Waals surface area (Å²) in [6.45, 7) is 6.35. The maximum absolute atomic E-state index is 12.9. The van der Waals surface area contributed by atoms with Gasteiger partial charge in [0, 0.05) is 16.8 Å². The van der Waals surface area contributed by atoms with Gasteiger partial charge in [0.2, 0.25) is 5.91 Å². The zero-order valence-corrected chi connectivity index (χ0v) is 15.8. The van der Waals surface area contributed by atoms with E-state index in [0.717, 1.165) is 20.8 Å². The van der Waals surface area contributed by atoms with Gasteiger partial charge in [-0.3, -0.25) is 4.79 Å². The number of carbonyl (C=O) groups is 1. The first-order valence-corrected chi connectivity index (χ1v) is 9.55. The normalized spacial score (nSPS) is 12.3. The Morgan fingerprint density at radius 3 is 2.72 bits per heavy atom. The Hall–Kier alpha value is -1.99. The maximum Gasteiger partial charge on any atom is 0.233 e. The Labute approximate surface area is 153 Å². The van der Waals surface area contributed by atoms with Crippen molar-refractivity contribution in [3.8, 4) is 0 Å². The van der Waals surface area contributed by atoms with Crippen molar-refractivity contribution in [2.24, 2.45) is 0 Å². The first-order valence-electron chi connectivity index (χ1n) is 7.85. The summed E-state index contributed by atoms with van der Waals surface area (Å²) >= 11 is 3.07. The fourth-order valence-electron chi connectivity index (χ4n) is 2.40. The van der Waals surface area contributed by atoms with E-state index in [1.54, 1.807) is 29.8 Å². The fourth-order valence-corrected chi connectivity index (χ4v) is 4.46. The topological polar surface area (TPSA) is 54.9 Å². The van der Waals surface area contributed by atoms with Crippen LogP contribution in [0.3, 0.4) is 0 Å². The number of aryl methyl sites for hydroxylation is 2. The van der Waals surface area contributed by atoms with E-state index in [1.165, 1.54) is 34.3 Å². The molecular formula is C18H18FN3OS2. The van der Waals surface area contributed by atoms with Gasteiger partial charge in [-0.1, -0.05) is 23.9 Å². The summed E-state index contributed by atoms with van der Waals surface area (Å²) in [5.41, 5.74) is 2.03. The number of fused-ring (bicyclic) bond motifs is 1. The van der Waals surface area contributed by atoms with Crippen molar-refractivity contribution in [1.29, 1.82) is 0 Å². The van der Waals surface area contributed by atoms with Gasteiger partial charge in [0.25, 0.3) is 0 Å². The Bertz CT molecular complexity index is 909. The fraction of sp³-hybridized carbons (Fsp3) is 0.278. The predicted octanol–water partition coefficient (Wildman–Crippen LogP) is 4.24. The quantitative estimate of drug-likeness (QED) is 0.535. The molecule has 4 nitrogen and oxygen atoms in total. The van der Waals surface area contributed by atoms with E-state index in [9.17, 15) is 9.18 Å². The second-order valence-corrected chi connectivity index (χ2v) is 8.28. The van der Waals surface area contributed by atoms with Crippen molar-refractivity contribution in [2.75, 3.05) is 0 Å². The van der Waals surface area contributed by atoms with Crippen LogP contribution in [-0.4, -0.2) is 21.1 Å². The van der Waals surface area contributed by atoms with Crippen LogP contribution in [0, 0.1) is 19.7 Å². The first-order chi connectivity index (χ1) is 12.0. The molecule has 1 aromatic carbocycles. The number of hydrogen-bond acceptors (Lipinski definition) is 5. The molecule has 1 atom stereocenters. The van der Waals surface area contributed by atoms with Crippen molar-refractivity contribution >= 4 is 39.2 Å².